The number of hydrogen-bond donors (Lipinski definition) is 3. The van der Waals surface area contributed by atoms with Gasteiger partial charge in [-0.3, -0.25) is 9.59 Å². The van der Waals surface area contributed by atoms with Crippen molar-refractivity contribution in [1.82, 2.24) is 34.4 Å². The quantitative estimate of drug-likeness (QED) is 0.350. The van der Waals surface area contributed by atoms with E-state index in [2.05, 4.69) is 20.1 Å². The van der Waals surface area contributed by atoms with Crippen molar-refractivity contribution in [2.45, 2.75) is 50.6 Å². The smallest absolute Gasteiger partial charge is 0.248 e. The number of aliphatic hydroxyl groups excluding tert-OH is 1. The summed E-state index contributed by atoms with van der Waals surface area (Å²) in [4.78, 5) is 42.8. The molecule has 3 atom stereocenters. The number of rotatable bonds is 5. The maximum Gasteiger partial charge on any atom is 0.248 e. The molecular formula is C25H25FN8O3. The highest BCUT2D eigenvalue weighted by atomic mass is 19.1. The van der Waals surface area contributed by atoms with Gasteiger partial charge in [0.1, 0.15) is 18.1 Å². The van der Waals surface area contributed by atoms with E-state index < -0.39 is 12.4 Å². The second-order valence-electron chi connectivity index (χ2n) is 9.61. The number of imidazole rings is 1. The number of ketones is 1. The molecule has 6 heterocycles. The van der Waals surface area contributed by atoms with Crippen molar-refractivity contribution in [2.75, 3.05) is 12.3 Å². The number of nitrogens with one attached hydrogen (secondary N) is 1. The van der Waals surface area contributed by atoms with Gasteiger partial charge >= 0.3 is 0 Å². The van der Waals surface area contributed by atoms with Crippen molar-refractivity contribution in [3.8, 4) is 22.6 Å². The Morgan fingerprint density at radius 2 is 1.97 bits per heavy atom. The van der Waals surface area contributed by atoms with Crippen LogP contribution in [0.15, 0.2) is 30.9 Å². The van der Waals surface area contributed by atoms with Gasteiger partial charge in [0.2, 0.25) is 5.91 Å². The molecule has 2 bridgehead atoms. The Labute approximate surface area is 210 Å². The molecule has 11 nitrogen and oxygen atoms in total. The summed E-state index contributed by atoms with van der Waals surface area (Å²) in [6, 6.07) is 1.29. The molecule has 37 heavy (non-hydrogen) atoms. The van der Waals surface area contributed by atoms with Gasteiger partial charge in [-0.1, -0.05) is 0 Å². The number of carbonyl (C=O) groups excluding carboxylic acids is 2. The lowest BCUT2D eigenvalue weighted by Gasteiger charge is -2.39. The Balaban J connectivity index is 1.44. The lowest BCUT2D eigenvalue weighted by atomic mass is 9.85. The second-order valence-corrected chi connectivity index (χ2v) is 9.61. The molecule has 2 aliphatic heterocycles. The molecular weight excluding hydrogens is 479 g/mol. The van der Waals surface area contributed by atoms with E-state index in [4.69, 9.17) is 10.7 Å². The number of aliphatic hydroxyl groups is 1. The third-order valence-electron chi connectivity index (χ3n) is 7.48. The van der Waals surface area contributed by atoms with Gasteiger partial charge in [0.05, 0.1) is 17.5 Å². The number of aromatic nitrogens is 6. The van der Waals surface area contributed by atoms with Gasteiger partial charge in [-0.15, -0.1) is 0 Å². The van der Waals surface area contributed by atoms with Crippen LogP contribution in [0.2, 0.25) is 0 Å². The number of nitrogens with zero attached hydrogens (tertiary/aromatic N) is 6. The molecule has 6 rings (SSSR count). The van der Waals surface area contributed by atoms with E-state index in [0.717, 1.165) is 12.8 Å². The highest BCUT2D eigenvalue weighted by molar-refractivity contribution is 6.00. The summed E-state index contributed by atoms with van der Waals surface area (Å²) in [5, 5.41) is 13.7. The zero-order valence-corrected chi connectivity index (χ0v) is 20.1. The molecule has 0 radical (unpaired) electrons. The third kappa shape index (κ3) is 3.67. The summed E-state index contributed by atoms with van der Waals surface area (Å²) in [6.45, 7) is 0.925. The summed E-state index contributed by atoms with van der Waals surface area (Å²) >= 11 is 0. The van der Waals surface area contributed by atoms with E-state index in [1.54, 1.807) is 11.1 Å². The van der Waals surface area contributed by atoms with E-state index in [1.165, 1.54) is 36.1 Å². The minimum absolute atomic E-state index is 0.0284. The van der Waals surface area contributed by atoms with Crippen LogP contribution in [-0.4, -0.2) is 69.9 Å². The van der Waals surface area contributed by atoms with Crippen molar-refractivity contribution < 1.29 is 19.1 Å². The number of anilines is 1. The standard InChI is InChI=1S/C25H25FN8O3/c1-12(36)20-21(13-6-15-2-3-16(7-13)33(15)19(37)11-35)32-25-17(10-31-34(25)23(20)27)14-8-18(26)22(30-9-14)24-28-4-5-29-24/h4-5,8-10,13,15-16,35H,2-3,6-7,11,27H2,1H3,(H,28,29)/t13-,15-,16+. The van der Waals surface area contributed by atoms with Crippen molar-refractivity contribution in [3.63, 3.8) is 0 Å². The Kier molecular flexibility index (Phi) is 5.48. The predicted octanol–water partition coefficient (Wildman–Crippen LogP) is 2.33. The van der Waals surface area contributed by atoms with Crippen LogP contribution in [-0.2, 0) is 4.79 Å². The minimum atomic E-state index is -0.558. The lowest BCUT2D eigenvalue weighted by molar-refractivity contribution is -0.138. The molecule has 1 amide bonds. The van der Waals surface area contributed by atoms with Crippen molar-refractivity contribution in [3.05, 3.63) is 47.9 Å². The Bertz CT molecular complexity index is 1520. The van der Waals surface area contributed by atoms with Crippen molar-refractivity contribution >= 4 is 23.2 Å². The van der Waals surface area contributed by atoms with E-state index in [1.807, 2.05) is 0 Å². The average Bonchev–Trinajstić information content (AvgIpc) is 3.61. The largest absolute Gasteiger partial charge is 0.387 e. The number of H-pyrrole nitrogens is 1. The SMILES string of the molecule is CC(=O)c1c([C@@H]2C[C@H]3CC[C@@H](C2)N3C(=O)CO)nc2c(-c3cnc(-c4ncc[nH]4)c(F)c3)cnn2c1N. The predicted molar refractivity (Wildman–Crippen MR) is 131 cm³/mol. The number of pyridine rings is 1. The van der Waals surface area contributed by atoms with E-state index in [9.17, 15) is 19.1 Å². The molecule has 2 fully saturated rings. The molecule has 190 valence electrons. The number of aromatic amines is 1. The summed E-state index contributed by atoms with van der Waals surface area (Å²) in [5.41, 5.74) is 8.80. The summed E-state index contributed by atoms with van der Waals surface area (Å²) < 4.78 is 16.4. The maximum absolute atomic E-state index is 15.0. The van der Waals surface area contributed by atoms with E-state index >= 15 is 0 Å². The highest BCUT2D eigenvalue weighted by Crippen LogP contribution is 2.44. The first-order chi connectivity index (χ1) is 17.9. The normalized spacial score (nSPS) is 21.1. The summed E-state index contributed by atoms with van der Waals surface area (Å²) in [5.74, 6) is -0.675. The molecule has 12 heteroatoms. The van der Waals surface area contributed by atoms with Gasteiger partial charge in [0.15, 0.2) is 23.1 Å². The Morgan fingerprint density at radius 1 is 1.22 bits per heavy atom. The zero-order chi connectivity index (χ0) is 25.8. The summed E-state index contributed by atoms with van der Waals surface area (Å²) in [6.07, 6.45) is 9.07. The molecule has 4 aromatic heterocycles. The number of amides is 1. The number of piperidine rings is 1. The fourth-order valence-corrected chi connectivity index (χ4v) is 5.94. The molecule has 4 N–H and O–H groups in total. The average molecular weight is 505 g/mol. The number of nitrogens with two attached hydrogens (primary N) is 1. The monoisotopic (exact) mass is 504 g/mol. The van der Waals surface area contributed by atoms with Gasteiger partial charge in [-0.2, -0.15) is 9.61 Å². The molecule has 0 aromatic carbocycles. The van der Waals surface area contributed by atoms with Gasteiger partial charge in [0, 0.05) is 47.7 Å². The Hall–Kier alpha value is -4.19. The zero-order valence-electron chi connectivity index (χ0n) is 20.1. The van der Waals surface area contributed by atoms with Crippen LogP contribution < -0.4 is 5.73 Å². The molecule has 2 saturated heterocycles. The number of nitrogen functional groups attached to an aromatic ring is 1. The van der Waals surface area contributed by atoms with Crippen molar-refractivity contribution in [1.29, 1.82) is 0 Å². The lowest BCUT2D eigenvalue weighted by Crippen LogP contribution is -2.47. The number of Topliss-reactive ketones (excluding diaryl/α,β-unsaturated/α-hetero) is 1. The van der Waals surface area contributed by atoms with Gasteiger partial charge < -0.3 is 20.7 Å². The topological polar surface area (TPSA) is 155 Å². The molecule has 0 saturated carbocycles. The van der Waals surface area contributed by atoms with Crippen molar-refractivity contribution in [2.24, 2.45) is 0 Å². The molecule has 0 unspecified atom stereocenters. The van der Waals surface area contributed by atoms with Crippen LogP contribution in [0.1, 0.15) is 54.6 Å². The van der Waals surface area contributed by atoms with Crippen LogP contribution in [0.25, 0.3) is 28.3 Å². The molecule has 4 aromatic rings. The Morgan fingerprint density at radius 3 is 2.59 bits per heavy atom. The first-order valence-electron chi connectivity index (χ1n) is 12.1. The molecule has 0 aliphatic carbocycles. The number of carbonyl (C=O) groups is 2. The van der Waals surface area contributed by atoms with Gasteiger partial charge in [-0.25, -0.2) is 19.3 Å². The van der Waals surface area contributed by atoms with E-state index in [0.29, 0.717) is 46.7 Å². The fourth-order valence-electron chi connectivity index (χ4n) is 5.94. The fraction of sp³-hybridized carbons (Fsp3) is 0.360. The first-order valence-corrected chi connectivity index (χ1v) is 12.1. The van der Waals surface area contributed by atoms with Gasteiger partial charge in [-0.05, 0) is 38.7 Å². The van der Waals surface area contributed by atoms with Crippen LogP contribution in [0.3, 0.4) is 0 Å². The minimum Gasteiger partial charge on any atom is -0.387 e. The second kappa shape index (κ2) is 8.73. The number of fused-ring (bicyclic) bond motifs is 3. The molecule has 0 spiro atoms. The highest BCUT2D eigenvalue weighted by Gasteiger charge is 2.44. The number of halogens is 1. The van der Waals surface area contributed by atoms with Crippen LogP contribution in [0, 0.1) is 5.82 Å². The molecule has 2 aliphatic rings. The van der Waals surface area contributed by atoms with E-state index in [-0.39, 0.29) is 41.2 Å². The number of hydrogen-bond acceptors (Lipinski definition) is 8. The third-order valence-corrected chi connectivity index (χ3v) is 7.48. The maximum atomic E-state index is 15.0. The van der Waals surface area contributed by atoms with Gasteiger partial charge in [0.25, 0.3) is 0 Å². The van der Waals surface area contributed by atoms with Crippen LogP contribution >= 0.6 is 0 Å². The first kappa shape index (κ1) is 23.2. The van der Waals surface area contributed by atoms with Crippen LogP contribution in [0.5, 0.6) is 0 Å². The van der Waals surface area contributed by atoms with Crippen LogP contribution in [0.4, 0.5) is 10.2 Å². The summed E-state index contributed by atoms with van der Waals surface area (Å²) in [7, 11) is 0.